The van der Waals surface area contributed by atoms with E-state index >= 15 is 0 Å². The molecule has 0 amide bonds. The predicted molar refractivity (Wildman–Crippen MR) is 140 cm³/mol. The number of hydrogen-bond acceptors (Lipinski definition) is 8. The zero-order valence-electron chi connectivity index (χ0n) is 19.2. The van der Waals surface area contributed by atoms with Crippen LogP contribution in [0, 0.1) is 0 Å². The van der Waals surface area contributed by atoms with Gasteiger partial charge in [0.05, 0.1) is 16.6 Å². The van der Waals surface area contributed by atoms with Crippen molar-refractivity contribution in [2.45, 2.75) is 6.04 Å². The van der Waals surface area contributed by atoms with Gasteiger partial charge in [0.25, 0.3) is 0 Å². The number of nitrogens with one attached hydrogen (secondary N) is 2. The van der Waals surface area contributed by atoms with Gasteiger partial charge in [0.1, 0.15) is 0 Å². The van der Waals surface area contributed by atoms with E-state index in [1.165, 1.54) is 17.8 Å². The van der Waals surface area contributed by atoms with Crippen molar-refractivity contribution in [3.05, 3.63) is 118 Å². The van der Waals surface area contributed by atoms with Crippen LogP contribution in [0.2, 0.25) is 0 Å². The van der Waals surface area contributed by atoms with Gasteiger partial charge >= 0.3 is 0 Å². The smallest absolute Gasteiger partial charge is 0.200 e. The lowest BCUT2D eigenvalue weighted by molar-refractivity contribution is 0.0991. The second-order valence-electron chi connectivity index (χ2n) is 8.01. The van der Waals surface area contributed by atoms with E-state index in [9.17, 15) is 9.59 Å². The summed E-state index contributed by atoms with van der Waals surface area (Å²) in [6, 6.07) is 24.4. The normalized spacial score (nSPS) is 14.1. The molecule has 5 rings (SSSR count). The maximum absolute atomic E-state index is 12.8. The van der Waals surface area contributed by atoms with Gasteiger partial charge in [0, 0.05) is 35.7 Å². The summed E-state index contributed by atoms with van der Waals surface area (Å²) in [6.07, 6.45) is 3.26. The number of rotatable bonds is 9. The number of aromatic amines is 1. The standard InChI is InChI=1S/C27H22N6O2S/c34-23-16-24(26(35)22-9-5-4-8-21(22)23)36-15-14-28-25(27-30-32-33-31-27)19-10-12-20(13-11-19)29-17-18-6-2-1-3-7-18/h1-13,16-17,25,28H,14-15H2,(H,30,31,32,33). The Morgan fingerprint density at radius 3 is 2.44 bits per heavy atom. The molecule has 1 heterocycles. The molecule has 0 fully saturated rings. The highest BCUT2D eigenvalue weighted by Gasteiger charge is 2.25. The van der Waals surface area contributed by atoms with Gasteiger partial charge in [-0.25, -0.2) is 0 Å². The zero-order chi connectivity index (χ0) is 24.7. The minimum absolute atomic E-state index is 0.114. The molecule has 0 saturated carbocycles. The first-order valence-corrected chi connectivity index (χ1v) is 12.4. The largest absolute Gasteiger partial charge is 0.303 e. The van der Waals surface area contributed by atoms with Gasteiger partial charge in [-0.05, 0) is 23.3 Å². The van der Waals surface area contributed by atoms with Crippen LogP contribution in [0.4, 0.5) is 5.69 Å². The Bertz CT molecular complexity index is 1420. The molecule has 1 atom stereocenters. The first kappa shape index (κ1) is 23.5. The summed E-state index contributed by atoms with van der Waals surface area (Å²) in [5.41, 5.74) is 3.73. The van der Waals surface area contributed by atoms with Crippen LogP contribution in [0.1, 0.15) is 43.7 Å². The third-order valence-electron chi connectivity index (χ3n) is 5.64. The van der Waals surface area contributed by atoms with Gasteiger partial charge in [0.2, 0.25) is 0 Å². The number of carbonyl (C=O) groups excluding carboxylic acids is 2. The van der Waals surface area contributed by atoms with Gasteiger partial charge < -0.3 is 5.32 Å². The number of nitrogens with zero attached hydrogens (tertiary/aromatic N) is 4. The number of thioether (sulfide) groups is 1. The van der Waals surface area contributed by atoms with E-state index in [0.29, 0.717) is 34.2 Å². The van der Waals surface area contributed by atoms with E-state index in [4.69, 9.17) is 0 Å². The van der Waals surface area contributed by atoms with Gasteiger partial charge in [-0.2, -0.15) is 5.21 Å². The summed E-state index contributed by atoms with van der Waals surface area (Å²) < 4.78 is 0. The fourth-order valence-corrected chi connectivity index (χ4v) is 4.72. The SMILES string of the molecule is O=C1C=C(SCCNC(c2ccc(N=Cc3ccccc3)cc2)c2nn[nH]n2)C(=O)c2ccccc21. The van der Waals surface area contributed by atoms with Crippen LogP contribution in [0.15, 0.2) is 94.8 Å². The molecule has 9 heteroatoms. The molecule has 3 aromatic carbocycles. The summed E-state index contributed by atoms with van der Waals surface area (Å²) in [7, 11) is 0. The van der Waals surface area contributed by atoms with Gasteiger partial charge in [-0.3, -0.25) is 14.6 Å². The average Bonchev–Trinajstić information content (AvgIpc) is 3.46. The molecule has 0 spiro atoms. The van der Waals surface area contributed by atoms with Crippen LogP contribution in [-0.2, 0) is 0 Å². The third-order valence-corrected chi connectivity index (χ3v) is 6.66. The molecule has 8 nitrogen and oxygen atoms in total. The highest BCUT2D eigenvalue weighted by Crippen LogP contribution is 2.28. The number of tetrazole rings is 1. The molecule has 4 aromatic rings. The summed E-state index contributed by atoms with van der Waals surface area (Å²) in [6.45, 7) is 0.554. The predicted octanol–water partition coefficient (Wildman–Crippen LogP) is 4.33. The summed E-state index contributed by atoms with van der Waals surface area (Å²) in [4.78, 5) is 30.1. The van der Waals surface area contributed by atoms with Crippen molar-refractivity contribution in [2.24, 2.45) is 4.99 Å². The van der Waals surface area contributed by atoms with Crippen LogP contribution in [0.5, 0.6) is 0 Å². The Kier molecular flexibility index (Phi) is 7.20. The molecule has 0 radical (unpaired) electrons. The number of aromatic nitrogens is 4. The van der Waals surface area contributed by atoms with Crippen molar-refractivity contribution < 1.29 is 9.59 Å². The lowest BCUT2D eigenvalue weighted by Crippen LogP contribution is -2.26. The molecular formula is C27H22N6O2S. The Hall–Kier alpha value is -4.21. The Morgan fingerprint density at radius 1 is 0.944 bits per heavy atom. The zero-order valence-corrected chi connectivity index (χ0v) is 20.0. The van der Waals surface area contributed by atoms with Gasteiger partial charge in [-0.1, -0.05) is 71.9 Å². The monoisotopic (exact) mass is 494 g/mol. The fourth-order valence-electron chi connectivity index (χ4n) is 3.85. The summed E-state index contributed by atoms with van der Waals surface area (Å²) >= 11 is 1.36. The van der Waals surface area contributed by atoms with Crippen molar-refractivity contribution in [1.82, 2.24) is 25.9 Å². The first-order valence-electron chi connectivity index (χ1n) is 11.4. The molecule has 1 aliphatic carbocycles. The number of carbonyl (C=O) groups is 2. The van der Waals surface area contributed by atoms with Crippen LogP contribution in [0.3, 0.4) is 0 Å². The quantitative estimate of drug-likeness (QED) is 0.263. The molecule has 1 unspecified atom stereocenters. The minimum Gasteiger partial charge on any atom is -0.303 e. The van der Waals surface area contributed by atoms with Crippen LogP contribution >= 0.6 is 11.8 Å². The number of aliphatic imine (C=N–C) groups is 1. The highest BCUT2D eigenvalue weighted by molar-refractivity contribution is 8.04. The number of fused-ring (bicyclic) bond motifs is 1. The van der Waals surface area contributed by atoms with E-state index < -0.39 is 0 Å². The van der Waals surface area contributed by atoms with Crippen LogP contribution < -0.4 is 5.32 Å². The number of Topliss-reactive ketones (excluding diaryl/α,β-unsaturated/α-hetero) is 1. The number of hydrogen-bond donors (Lipinski definition) is 2. The third kappa shape index (κ3) is 5.37. The number of H-pyrrole nitrogens is 1. The number of benzene rings is 3. The fraction of sp³-hybridized carbons (Fsp3) is 0.111. The van der Waals surface area contributed by atoms with E-state index in [0.717, 1.165) is 16.8 Å². The molecular weight excluding hydrogens is 472 g/mol. The molecule has 0 saturated heterocycles. The Labute approximate surface area is 211 Å². The van der Waals surface area contributed by atoms with Crippen molar-refractivity contribution in [3.8, 4) is 0 Å². The molecule has 1 aliphatic rings. The second-order valence-corrected chi connectivity index (χ2v) is 9.15. The molecule has 0 bridgehead atoms. The minimum atomic E-state index is -0.296. The number of allylic oxidation sites excluding steroid dienone is 2. The topological polar surface area (TPSA) is 113 Å². The van der Waals surface area contributed by atoms with Crippen molar-refractivity contribution in [3.63, 3.8) is 0 Å². The lowest BCUT2D eigenvalue weighted by atomic mass is 9.95. The van der Waals surface area contributed by atoms with E-state index in [1.54, 1.807) is 24.3 Å². The van der Waals surface area contributed by atoms with E-state index in [2.05, 4.69) is 30.9 Å². The second kappa shape index (κ2) is 11.0. The van der Waals surface area contributed by atoms with Crippen molar-refractivity contribution >= 4 is 35.2 Å². The van der Waals surface area contributed by atoms with E-state index in [-0.39, 0.29) is 17.6 Å². The first-order chi connectivity index (χ1) is 17.7. The molecule has 2 N–H and O–H groups in total. The average molecular weight is 495 g/mol. The lowest BCUT2D eigenvalue weighted by Gasteiger charge is -2.17. The van der Waals surface area contributed by atoms with Crippen LogP contribution in [0.25, 0.3) is 0 Å². The molecule has 0 aliphatic heterocycles. The van der Waals surface area contributed by atoms with Crippen molar-refractivity contribution in [2.75, 3.05) is 12.3 Å². The number of ketones is 2. The molecule has 178 valence electrons. The maximum Gasteiger partial charge on any atom is 0.200 e. The molecule has 1 aromatic heterocycles. The van der Waals surface area contributed by atoms with E-state index in [1.807, 2.05) is 60.8 Å². The molecule has 36 heavy (non-hydrogen) atoms. The van der Waals surface area contributed by atoms with Crippen molar-refractivity contribution in [1.29, 1.82) is 0 Å². The van der Waals surface area contributed by atoms with Crippen LogP contribution in [-0.4, -0.2) is 50.7 Å². The van der Waals surface area contributed by atoms with Gasteiger partial charge in [-0.15, -0.1) is 22.0 Å². The Balaban J connectivity index is 1.23. The summed E-state index contributed by atoms with van der Waals surface area (Å²) in [5, 5.41) is 17.9. The highest BCUT2D eigenvalue weighted by atomic mass is 32.2. The summed E-state index contributed by atoms with van der Waals surface area (Å²) in [5.74, 6) is 0.843. The van der Waals surface area contributed by atoms with Gasteiger partial charge in [0.15, 0.2) is 17.4 Å². The Morgan fingerprint density at radius 2 is 1.69 bits per heavy atom. The maximum atomic E-state index is 12.8.